The van der Waals surface area contributed by atoms with Crippen LogP contribution in [-0.2, 0) is 11.2 Å². The number of ether oxygens (including phenoxy) is 1. The van der Waals surface area contributed by atoms with E-state index in [1.807, 2.05) is 12.1 Å². The highest BCUT2D eigenvalue weighted by molar-refractivity contribution is 5.94. The molecule has 0 aliphatic carbocycles. The van der Waals surface area contributed by atoms with Gasteiger partial charge in [-0.25, -0.2) is 4.39 Å². The fourth-order valence-corrected chi connectivity index (χ4v) is 1.83. The van der Waals surface area contributed by atoms with E-state index in [0.29, 0.717) is 30.5 Å². The van der Waals surface area contributed by atoms with Gasteiger partial charge in [-0.15, -0.1) is 0 Å². The molecule has 0 saturated carbocycles. The van der Waals surface area contributed by atoms with Crippen LogP contribution in [0.3, 0.4) is 0 Å². The topological polar surface area (TPSA) is 64.3 Å². The normalized spacial score (nSPS) is 15.0. The zero-order valence-corrected chi connectivity index (χ0v) is 9.91. The highest BCUT2D eigenvalue weighted by atomic mass is 19.1. The highest BCUT2D eigenvalue weighted by Gasteiger charge is 2.18. The van der Waals surface area contributed by atoms with Crippen molar-refractivity contribution in [1.29, 1.82) is 0 Å². The average Bonchev–Trinajstić information content (AvgIpc) is 2.39. The molecule has 0 aromatic heterocycles. The number of anilines is 1. The van der Waals surface area contributed by atoms with Gasteiger partial charge in [0.1, 0.15) is 12.4 Å². The molecule has 0 radical (unpaired) electrons. The van der Waals surface area contributed by atoms with Crippen LogP contribution in [-0.4, -0.2) is 19.1 Å². The molecule has 0 saturated heterocycles. The predicted octanol–water partition coefficient (Wildman–Crippen LogP) is 1.76. The van der Waals surface area contributed by atoms with Gasteiger partial charge < -0.3 is 15.8 Å². The summed E-state index contributed by atoms with van der Waals surface area (Å²) in [6.07, 6.45) is 1.54. The summed E-state index contributed by atoms with van der Waals surface area (Å²) in [4.78, 5) is 11.3. The van der Waals surface area contributed by atoms with Gasteiger partial charge in [0, 0.05) is 29.8 Å². The number of rotatable bonds is 4. The molecular weight excluding hydrogens is 235 g/mol. The summed E-state index contributed by atoms with van der Waals surface area (Å²) in [5, 5.41) is 2.78. The number of carbonyl (C=O) groups is 1. The predicted molar refractivity (Wildman–Crippen MR) is 67.1 cm³/mol. The van der Waals surface area contributed by atoms with Crippen LogP contribution in [0.2, 0.25) is 0 Å². The molecule has 18 heavy (non-hydrogen) atoms. The zero-order valence-electron chi connectivity index (χ0n) is 9.91. The first kappa shape index (κ1) is 12.6. The van der Waals surface area contributed by atoms with E-state index >= 15 is 0 Å². The van der Waals surface area contributed by atoms with Crippen molar-refractivity contribution in [3.63, 3.8) is 0 Å². The third-order valence-electron chi connectivity index (χ3n) is 2.84. The third-order valence-corrected chi connectivity index (χ3v) is 2.84. The monoisotopic (exact) mass is 250 g/mol. The van der Waals surface area contributed by atoms with E-state index in [0.717, 1.165) is 11.3 Å². The molecule has 0 bridgehead atoms. The zero-order chi connectivity index (χ0) is 13.0. The van der Waals surface area contributed by atoms with Crippen molar-refractivity contribution in [3.8, 4) is 5.75 Å². The van der Waals surface area contributed by atoms with Crippen molar-refractivity contribution in [2.45, 2.75) is 12.8 Å². The molecule has 0 fully saturated rings. The number of carbonyl (C=O) groups excluding carboxylic acids is 1. The number of halogens is 1. The minimum atomic E-state index is 0.00551. The molecule has 3 N–H and O–H groups in total. The Morgan fingerprint density at radius 3 is 3.06 bits per heavy atom. The van der Waals surface area contributed by atoms with Gasteiger partial charge in [-0.3, -0.25) is 4.79 Å². The van der Waals surface area contributed by atoms with Crippen LogP contribution >= 0.6 is 0 Å². The molecule has 2 rings (SSSR count). The van der Waals surface area contributed by atoms with E-state index in [1.54, 1.807) is 6.07 Å². The van der Waals surface area contributed by atoms with Gasteiger partial charge in [0.05, 0.1) is 6.33 Å². The van der Waals surface area contributed by atoms with Crippen molar-refractivity contribution in [3.05, 3.63) is 35.7 Å². The van der Waals surface area contributed by atoms with Crippen LogP contribution in [0.1, 0.15) is 12.0 Å². The number of hydrogen-bond acceptors (Lipinski definition) is 3. The summed E-state index contributed by atoms with van der Waals surface area (Å²) >= 11 is 0. The van der Waals surface area contributed by atoms with Gasteiger partial charge in [0.15, 0.2) is 0 Å². The SMILES string of the molecule is NC/C(=C\F)COc1cccc2c1CCC(=O)N2. The summed E-state index contributed by atoms with van der Waals surface area (Å²) in [5.41, 5.74) is 7.47. The largest absolute Gasteiger partial charge is 0.489 e. The lowest BCUT2D eigenvalue weighted by molar-refractivity contribution is -0.116. The fraction of sp³-hybridized carbons (Fsp3) is 0.308. The van der Waals surface area contributed by atoms with Gasteiger partial charge in [0.25, 0.3) is 0 Å². The number of fused-ring (bicyclic) bond motifs is 1. The number of nitrogens with two attached hydrogens (primary N) is 1. The molecule has 0 unspecified atom stereocenters. The Bertz CT molecular complexity index is 486. The maximum Gasteiger partial charge on any atom is 0.224 e. The first-order valence-electron chi connectivity index (χ1n) is 5.77. The quantitative estimate of drug-likeness (QED) is 0.855. The first-order chi connectivity index (χ1) is 8.74. The smallest absolute Gasteiger partial charge is 0.224 e. The second-order valence-electron chi connectivity index (χ2n) is 4.09. The number of amides is 1. The molecule has 1 aliphatic heterocycles. The molecular formula is C13H15FN2O2. The van der Waals surface area contributed by atoms with Crippen LogP contribution in [0.15, 0.2) is 30.1 Å². The Labute approximate surface area is 105 Å². The van der Waals surface area contributed by atoms with Gasteiger partial charge in [0.2, 0.25) is 5.91 Å². The molecule has 5 heteroatoms. The summed E-state index contributed by atoms with van der Waals surface area (Å²) in [5.74, 6) is 0.672. The number of hydrogen-bond donors (Lipinski definition) is 2. The van der Waals surface area contributed by atoms with E-state index in [9.17, 15) is 9.18 Å². The minimum Gasteiger partial charge on any atom is -0.489 e. The Morgan fingerprint density at radius 2 is 2.33 bits per heavy atom. The van der Waals surface area contributed by atoms with Crippen LogP contribution in [0.25, 0.3) is 0 Å². The van der Waals surface area contributed by atoms with Crippen LogP contribution in [0.5, 0.6) is 5.75 Å². The molecule has 1 amide bonds. The van der Waals surface area contributed by atoms with Gasteiger partial charge in [-0.2, -0.15) is 0 Å². The molecule has 1 aromatic carbocycles. The Kier molecular flexibility index (Phi) is 3.94. The number of nitrogens with one attached hydrogen (secondary N) is 1. The van der Waals surface area contributed by atoms with Crippen molar-refractivity contribution >= 4 is 11.6 Å². The summed E-state index contributed by atoms with van der Waals surface area (Å²) < 4.78 is 17.9. The van der Waals surface area contributed by atoms with Crippen molar-refractivity contribution in [2.24, 2.45) is 5.73 Å². The van der Waals surface area contributed by atoms with Crippen molar-refractivity contribution in [1.82, 2.24) is 0 Å². The van der Waals surface area contributed by atoms with E-state index in [2.05, 4.69) is 5.32 Å². The highest BCUT2D eigenvalue weighted by Crippen LogP contribution is 2.31. The maximum atomic E-state index is 12.4. The molecule has 0 atom stereocenters. The molecule has 4 nitrogen and oxygen atoms in total. The second-order valence-corrected chi connectivity index (χ2v) is 4.09. The van der Waals surface area contributed by atoms with Gasteiger partial charge in [-0.1, -0.05) is 6.07 Å². The average molecular weight is 250 g/mol. The summed E-state index contributed by atoms with van der Waals surface area (Å²) in [6, 6.07) is 5.43. The number of benzene rings is 1. The second kappa shape index (κ2) is 5.64. The molecule has 1 heterocycles. The Balaban J connectivity index is 2.14. The standard InChI is InChI=1S/C13H15FN2O2/c14-6-9(7-15)8-18-12-3-1-2-11-10(12)4-5-13(17)16-11/h1-3,6H,4-5,7-8,15H2,(H,16,17)/b9-6+. The maximum absolute atomic E-state index is 12.4. The Hall–Kier alpha value is -1.88. The molecule has 1 aliphatic rings. The van der Waals surface area contributed by atoms with Gasteiger partial charge >= 0.3 is 0 Å². The van der Waals surface area contributed by atoms with E-state index < -0.39 is 0 Å². The third kappa shape index (κ3) is 2.68. The lowest BCUT2D eigenvalue weighted by Gasteiger charge is -2.20. The summed E-state index contributed by atoms with van der Waals surface area (Å²) in [7, 11) is 0. The minimum absolute atomic E-state index is 0.00551. The summed E-state index contributed by atoms with van der Waals surface area (Å²) in [6.45, 7) is 0.250. The van der Waals surface area contributed by atoms with Crippen molar-refractivity contribution < 1.29 is 13.9 Å². The molecule has 96 valence electrons. The lowest BCUT2D eigenvalue weighted by Crippen LogP contribution is -2.20. The van der Waals surface area contributed by atoms with E-state index in [-0.39, 0.29) is 19.1 Å². The molecule has 1 aromatic rings. The first-order valence-corrected chi connectivity index (χ1v) is 5.77. The Morgan fingerprint density at radius 1 is 1.50 bits per heavy atom. The van der Waals surface area contributed by atoms with E-state index in [4.69, 9.17) is 10.5 Å². The lowest BCUT2D eigenvalue weighted by atomic mass is 10.0. The molecule has 0 spiro atoms. The van der Waals surface area contributed by atoms with Crippen LogP contribution < -0.4 is 15.8 Å². The van der Waals surface area contributed by atoms with Crippen molar-refractivity contribution in [2.75, 3.05) is 18.5 Å². The van der Waals surface area contributed by atoms with Crippen LogP contribution in [0.4, 0.5) is 10.1 Å². The van der Waals surface area contributed by atoms with E-state index in [1.165, 1.54) is 0 Å². The van der Waals surface area contributed by atoms with Crippen LogP contribution in [0, 0.1) is 0 Å². The van der Waals surface area contributed by atoms with Gasteiger partial charge in [-0.05, 0) is 18.6 Å². The fourth-order valence-electron chi connectivity index (χ4n) is 1.83.